The third-order valence-corrected chi connectivity index (χ3v) is 2.60. The molecular formula is C16H22IrNO2-. The van der Waals surface area contributed by atoms with Gasteiger partial charge in [-0.2, -0.15) is 18.6 Å². The fraction of sp³-hybridized carbons (Fsp3) is 0.188. The van der Waals surface area contributed by atoms with Crippen LogP contribution in [0.2, 0.25) is 0 Å². The molecule has 0 aliphatic carbocycles. The van der Waals surface area contributed by atoms with Crippen LogP contribution in [0.15, 0.2) is 42.5 Å². The average Bonchev–Trinajstić information content (AvgIpc) is 2.47. The van der Waals surface area contributed by atoms with Gasteiger partial charge in [0.1, 0.15) is 0 Å². The number of nitrogens with zero attached hydrogens (tertiary/aromatic N) is 1. The quantitative estimate of drug-likeness (QED) is 0.514. The molecule has 1 aromatic heterocycles. The summed E-state index contributed by atoms with van der Waals surface area (Å²) in [6, 6.07) is 14.2. The van der Waals surface area contributed by atoms with Gasteiger partial charge < -0.3 is 14.8 Å². The largest absolute Gasteiger partial charge is 0.400 e. The zero-order valence-electron chi connectivity index (χ0n) is 12.1. The number of benzene rings is 1. The maximum absolute atomic E-state index is 7.00. The van der Waals surface area contributed by atoms with Crippen molar-refractivity contribution in [3.05, 3.63) is 67.7 Å². The predicted octanol–water partition coefficient (Wildman–Crippen LogP) is 1.99. The topological polar surface area (TPSA) is 44.3 Å². The van der Waals surface area contributed by atoms with E-state index < -0.39 is 0 Å². The summed E-state index contributed by atoms with van der Waals surface area (Å²) >= 11 is 0. The zero-order chi connectivity index (χ0) is 14.8. The Bertz CT molecular complexity index is 502. The molecule has 0 unspecified atom stereocenters. The van der Waals surface area contributed by atoms with Gasteiger partial charge in [-0.1, -0.05) is 24.3 Å². The molecule has 2 aromatic rings. The first-order valence-electron chi connectivity index (χ1n) is 5.83. The first kappa shape index (κ1) is 21.0. The molecule has 20 heavy (non-hydrogen) atoms. The molecule has 0 aliphatic rings. The summed E-state index contributed by atoms with van der Waals surface area (Å²) in [6.07, 6.45) is 0. The Hall–Kier alpha value is -1.32. The number of hydrogen-bond acceptors (Lipinski definition) is 2. The van der Waals surface area contributed by atoms with Crippen molar-refractivity contribution in [1.82, 2.24) is 0 Å². The Morgan fingerprint density at radius 2 is 1.45 bits per heavy atom. The Morgan fingerprint density at radius 1 is 0.900 bits per heavy atom. The number of aliphatic hydroxyl groups excluding tert-OH is 2. The molecule has 0 fully saturated rings. The summed E-state index contributed by atoms with van der Waals surface area (Å²) in [5.41, 5.74) is 4.40. The molecule has 113 valence electrons. The molecule has 0 atom stereocenters. The second kappa shape index (κ2) is 11.5. The second-order valence-electron chi connectivity index (χ2n) is 3.64. The zero-order valence-corrected chi connectivity index (χ0v) is 14.5. The number of aromatic nitrogens is 1. The first-order valence-corrected chi connectivity index (χ1v) is 5.83. The molecule has 0 spiro atoms. The Kier molecular flexibility index (Phi) is 12.1. The van der Waals surface area contributed by atoms with Gasteiger partial charge in [0.15, 0.2) is 0 Å². The van der Waals surface area contributed by atoms with Crippen LogP contribution in [0.4, 0.5) is 0 Å². The summed E-state index contributed by atoms with van der Waals surface area (Å²) in [6.45, 7) is 6.07. The number of pyridine rings is 1. The van der Waals surface area contributed by atoms with Gasteiger partial charge in [-0.25, -0.2) is 0 Å². The fourth-order valence-corrected chi connectivity index (χ4v) is 1.65. The summed E-state index contributed by atoms with van der Waals surface area (Å²) in [7, 11) is 6.03. The van der Waals surface area contributed by atoms with Gasteiger partial charge in [0.25, 0.3) is 0 Å². The molecule has 0 aliphatic heterocycles. The number of hydrogen-bond donors (Lipinski definition) is 2. The van der Waals surface area contributed by atoms with Gasteiger partial charge in [0, 0.05) is 41.4 Å². The fourth-order valence-electron chi connectivity index (χ4n) is 1.65. The van der Waals surface area contributed by atoms with Crippen molar-refractivity contribution < 1.29 is 34.9 Å². The maximum Gasteiger partial charge on any atom is 0.0782 e. The van der Waals surface area contributed by atoms with Gasteiger partial charge in [0.05, 0.1) is 11.4 Å². The summed E-state index contributed by atoms with van der Waals surface area (Å²) in [5.74, 6) is 0. The van der Waals surface area contributed by atoms with Crippen LogP contribution >= 0.6 is 0 Å². The van der Waals surface area contributed by atoms with E-state index >= 15 is 0 Å². The van der Waals surface area contributed by atoms with E-state index in [0.29, 0.717) is 0 Å². The van der Waals surface area contributed by atoms with Crippen molar-refractivity contribution in [3.8, 4) is 11.3 Å². The third kappa shape index (κ3) is 5.35. The van der Waals surface area contributed by atoms with Crippen molar-refractivity contribution in [3.63, 3.8) is 0 Å². The molecule has 0 amide bonds. The summed E-state index contributed by atoms with van der Waals surface area (Å²) < 4.78 is 1.93. The maximum atomic E-state index is 7.00. The van der Waals surface area contributed by atoms with Crippen LogP contribution in [0.5, 0.6) is 0 Å². The van der Waals surface area contributed by atoms with E-state index in [4.69, 9.17) is 10.2 Å². The van der Waals surface area contributed by atoms with Gasteiger partial charge >= 0.3 is 0 Å². The molecule has 1 radical (unpaired) electrons. The molecule has 0 saturated heterocycles. The Labute approximate surface area is 135 Å². The molecule has 3 nitrogen and oxygen atoms in total. The third-order valence-electron chi connectivity index (χ3n) is 2.60. The summed E-state index contributed by atoms with van der Waals surface area (Å²) in [4.78, 5) is 0. The van der Waals surface area contributed by atoms with Crippen molar-refractivity contribution >= 4 is 0 Å². The van der Waals surface area contributed by atoms with Crippen LogP contribution in [-0.2, 0) is 20.1 Å². The molecule has 0 bridgehead atoms. The van der Waals surface area contributed by atoms with Crippen LogP contribution in [0.1, 0.15) is 11.3 Å². The SMILES string of the molecule is CO.CO.[CH2-]c1ccccc1-c1cccc(C)[n+]1[CH2-].[Ir]. The standard InChI is InChI=1S/C14H14N.2CH4O.Ir/c1-11-7-4-5-9-13(11)14-10-6-8-12(2)15(14)3;2*1-2;/h4-10H,1,3H2,2H3;2*2H,1H3;/q-1;;;. The van der Waals surface area contributed by atoms with E-state index in [1.54, 1.807) is 0 Å². The van der Waals surface area contributed by atoms with E-state index in [-0.39, 0.29) is 20.1 Å². The van der Waals surface area contributed by atoms with E-state index in [9.17, 15) is 0 Å². The van der Waals surface area contributed by atoms with Crippen LogP contribution in [0.25, 0.3) is 11.3 Å². The van der Waals surface area contributed by atoms with Crippen LogP contribution < -0.4 is 4.57 Å². The summed E-state index contributed by atoms with van der Waals surface area (Å²) in [5, 5.41) is 14.0. The second-order valence-corrected chi connectivity index (χ2v) is 3.64. The van der Waals surface area contributed by atoms with Crippen molar-refractivity contribution in [2.75, 3.05) is 14.2 Å². The van der Waals surface area contributed by atoms with Crippen LogP contribution in [-0.4, -0.2) is 24.4 Å². The molecule has 0 saturated carbocycles. The normalized spacial score (nSPS) is 8.25. The molecule has 1 aromatic carbocycles. The Morgan fingerprint density at radius 3 is 2.00 bits per heavy atom. The van der Waals surface area contributed by atoms with Gasteiger partial charge in [-0.05, 0) is 6.92 Å². The minimum absolute atomic E-state index is 0. The van der Waals surface area contributed by atoms with E-state index in [2.05, 4.69) is 26.1 Å². The molecule has 1 heterocycles. The van der Waals surface area contributed by atoms with Crippen molar-refractivity contribution in [2.45, 2.75) is 6.92 Å². The van der Waals surface area contributed by atoms with E-state index in [0.717, 1.165) is 36.7 Å². The molecular weight excluding hydrogens is 430 g/mol. The van der Waals surface area contributed by atoms with Crippen molar-refractivity contribution in [2.24, 2.45) is 0 Å². The van der Waals surface area contributed by atoms with E-state index in [1.807, 2.05) is 41.8 Å². The Balaban J connectivity index is 0. The molecule has 2 rings (SSSR count). The minimum atomic E-state index is 0. The predicted molar refractivity (Wildman–Crippen MR) is 78.3 cm³/mol. The first-order chi connectivity index (χ1) is 9.20. The number of aliphatic hydroxyl groups is 2. The number of rotatable bonds is 1. The molecule has 4 heteroatoms. The van der Waals surface area contributed by atoms with Gasteiger partial charge in [-0.15, -0.1) is 17.7 Å². The van der Waals surface area contributed by atoms with Crippen LogP contribution in [0.3, 0.4) is 0 Å². The van der Waals surface area contributed by atoms with Gasteiger partial charge in [-0.3, -0.25) is 0 Å². The average molecular weight is 453 g/mol. The minimum Gasteiger partial charge on any atom is -0.400 e. The number of aryl methyl sites for hydroxylation is 1. The molecule has 2 N–H and O–H groups in total. The van der Waals surface area contributed by atoms with Crippen molar-refractivity contribution in [1.29, 1.82) is 0 Å². The van der Waals surface area contributed by atoms with Gasteiger partial charge in [0.2, 0.25) is 0 Å². The smallest absolute Gasteiger partial charge is 0.0782 e. The van der Waals surface area contributed by atoms with Crippen LogP contribution in [0, 0.1) is 20.9 Å². The monoisotopic (exact) mass is 453 g/mol. The van der Waals surface area contributed by atoms with E-state index in [1.165, 1.54) is 0 Å².